The molecule has 0 atom stereocenters. The van der Waals surface area contributed by atoms with Crippen LogP contribution in [0.2, 0.25) is 0 Å². The van der Waals surface area contributed by atoms with E-state index in [2.05, 4.69) is 4.90 Å². The maximum Gasteiger partial charge on any atom is 0.342 e. The quantitative estimate of drug-likeness (QED) is 0.627. The average molecular weight is 294 g/mol. The van der Waals surface area contributed by atoms with Crippen LogP contribution in [0.25, 0.3) is 0 Å². The van der Waals surface area contributed by atoms with Gasteiger partial charge in [0.05, 0.1) is 25.5 Å². The number of ether oxygens (including phenoxy) is 3. The maximum atomic E-state index is 12.1. The second-order valence-electron chi connectivity index (χ2n) is 4.75. The van der Waals surface area contributed by atoms with Crippen LogP contribution in [0, 0.1) is 0 Å². The van der Waals surface area contributed by atoms with E-state index in [1.54, 1.807) is 18.2 Å². The topological polar surface area (TPSA) is 74.0 Å². The molecule has 0 saturated carbocycles. The number of rotatable bonds is 6. The number of esters is 1. The predicted octanol–water partition coefficient (Wildman–Crippen LogP) is 1.16. The molecule has 0 aromatic heterocycles. The summed E-state index contributed by atoms with van der Waals surface area (Å²) >= 11 is 0. The normalized spacial score (nSPS) is 15.7. The lowest BCUT2D eigenvalue weighted by atomic mass is 10.2. The van der Waals surface area contributed by atoms with Gasteiger partial charge in [0.1, 0.15) is 12.2 Å². The van der Waals surface area contributed by atoms with Crippen molar-refractivity contribution < 1.29 is 19.0 Å². The Kier molecular flexibility index (Phi) is 5.83. The highest BCUT2D eigenvalue weighted by molar-refractivity contribution is 5.94. The van der Waals surface area contributed by atoms with Gasteiger partial charge in [0.2, 0.25) is 0 Å². The molecule has 1 aliphatic rings. The summed E-state index contributed by atoms with van der Waals surface area (Å²) in [6.07, 6.45) is 0. The third kappa shape index (κ3) is 4.34. The summed E-state index contributed by atoms with van der Waals surface area (Å²) in [6, 6.07) is 5.09. The molecule has 21 heavy (non-hydrogen) atoms. The van der Waals surface area contributed by atoms with Crippen molar-refractivity contribution in [2.24, 2.45) is 0 Å². The van der Waals surface area contributed by atoms with Gasteiger partial charge >= 0.3 is 5.97 Å². The summed E-state index contributed by atoms with van der Waals surface area (Å²) < 4.78 is 16.0. The summed E-state index contributed by atoms with van der Waals surface area (Å²) in [5, 5.41) is 0. The van der Waals surface area contributed by atoms with E-state index in [-0.39, 0.29) is 0 Å². The average Bonchev–Trinajstić information content (AvgIpc) is 2.50. The van der Waals surface area contributed by atoms with Gasteiger partial charge in [-0.1, -0.05) is 6.07 Å². The Morgan fingerprint density at radius 2 is 2.14 bits per heavy atom. The van der Waals surface area contributed by atoms with Crippen LogP contribution in [0.1, 0.15) is 17.3 Å². The van der Waals surface area contributed by atoms with Crippen LogP contribution < -0.4 is 10.5 Å². The molecule has 2 N–H and O–H groups in total. The van der Waals surface area contributed by atoms with Gasteiger partial charge in [0.25, 0.3) is 0 Å². The van der Waals surface area contributed by atoms with Gasteiger partial charge in [0, 0.05) is 19.6 Å². The highest BCUT2D eigenvalue weighted by Crippen LogP contribution is 2.26. The molecule has 0 radical (unpaired) electrons. The van der Waals surface area contributed by atoms with Gasteiger partial charge in [0.15, 0.2) is 5.75 Å². The summed E-state index contributed by atoms with van der Waals surface area (Å²) in [5.41, 5.74) is 6.65. The van der Waals surface area contributed by atoms with Gasteiger partial charge in [-0.2, -0.15) is 0 Å². The fraction of sp³-hybridized carbons (Fsp3) is 0.533. The summed E-state index contributed by atoms with van der Waals surface area (Å²) in [7, 11) is 0. The highest BCUT2D eigenvalue weighted by Gasteiger charge is 2.17. The van der Waals surface area contributed by atoms with E-state index in [0.29, 0.717) is 36.8 Å². The number of para-hydroxylation sites is 1. The molecular formula is C15H22N2O4. The minimum Gasteiger partial charge on any atom is -0.491 e. The zero-order chi connectivity index (χ0) is 15.1. The van der Waals surface area contributed by atoms with Gasteiger partial charge in [-0.25, -0.2) is 4.79 Å². The fourth-order valence-electron chi connectivity index (χ4n) is 2.19. The number of carbonyl (C=O) groups is 1. The van der Waals surface area contributed by atoms with E-state index in [9.17, 15) is 4.79 Å². The first-order chi connectivity index (χ1) is 10.2. The van der Waals surface area contributed by atoms with Crippen molar-refractivity contribution in [1.82, 2.24) is 4.90 Å². The minimum atomic E-state index is -0.404. The zero-order valence-corrected chi connectivity index (χ0v) is 12.3. The number of nitrogens with two attached hydrogens (primary N) is 1. The van der Waals surface area contributed by atoms with E-state index in [0.717, 1.165) is 26.3 Å². The molecule has 6 heteroatoms. The third-order valence-electron chi connectivity index (χ3n) is 3.30. The van der Waals surface area contributed by atoms with E-state index < -0.39 is 5.97 Å². The maximum absolute atomic E-state index is 12.1. The second-order valence-corrected chi connectivity index (χ2v) is 4.75. The van der Waals surface area contributed by atoms with Crippen LogP contribution in [0.5, 0.6) is 5.75 Å². The number of carbonyl (C=O) groups excluding carboxylic acids is 1. The molecule has 0 amide bonds. The standard InChI is InChI=1S/C15H22N2O4/c1-2-20-14-12(4-3-5-13(14)16)15(18)21-11-8-17-6-9-19-10-7-17/h3-5H,2,6-11,16H2,1H3. The first kappa shape index (κ1) is 15.6. The number of hydrogen-bond donors (Lipinski definition) is 1. The van der Waals surface area contributed by atoms with Crippen LogP contribution in [0.15, 0.2) is 18.2 Å². The third-order valence-corrected chi connectivity index (χ3v) is 3.30. The van der Waals surface area contributed by atoms with Crippen molar-refractivity contribution in [2.45, 2.75) is 6.92 Å². The van der Waals surface area contributed by atoms with Crippen molar-refractivity contribution in [3.63, 3.8) is 0 Å². The molecule has 1 aromatic carbocycles. The van der Waals surface area contributed by atoms with Gasteiger partial charge < -0.3 is 19.9 Å². The second kappa shape index (κ2) is 7.85. The molecule has 0 bridgehead atoms. The predicted molar refractivity (Wildman–Crippen MR) is 79.6 cm³/mol. The molecule has 1 saturated heterocycles. The molecule has 2 rings (SSSR count). The number of hydrogen-bond acceptors (Lipinski definition) is 6. The van der Waals surface area contributed by atoms with E-state index >= 15 is 0 Å². The molecule has 1 fully saturated rings. The number of benzene rings is 1. The Bertz CT molecular complexity index is 473. The van der Waals surface area contributed by atoms with Gasteiger partial charge in [-0.15, -0.1) is 0 Å². The summed E-state index contributed by atoms with van der Waals surface area (Å²) in [6.45, 7) is 6.57. The van der Waals surface area contributed by atoms with Crippen LogP contribution in [-0.4, -0.2) is 56.9 Å². The Labute approximate surface area is 124 Å². The largest absolute Gasteiger partial charge is 0.491 e. The Morgan fingerprint density at radius 1 is 1.38 bits per heavy atom. The molecular weight excluding hydrogens is 272 g/mol. The zero-order valence-electron chi connectivity index (χ0n) is 12.3. The molecule has 1 aromatic rings. The van der Waals surface area contributed by atoms with Crippen LogP contribution in [0.3, 0.4) is 0 Å². The van der Waals surface area contributed by atoms with Crippen LogP contribution in [-0.2, 0) is 9.47 Å². The Hall–Kier alpha value is -1.79. The molecule has 0 spiro atoms. The fourth-order valence-corrected chi connectivity index (χ4v) is 2.19. The Morgan fingerprint density at radius 3 is 2.86 bits per heavy atom. The van der Waals surface area contributed by atoms with Crippen molar-refractivity contribution in [3.8, 4) is 5.75 Å². The van der Waals surface area contributed by atoms with Gasteiger partial charge in [-0.3, -0.25) is 4.90 Å². The molecule has 1 aliphatic heterocycles. The van der Waals surface area contributed by atoms with Crippen molar-refractivity contribution in [3.05, 3.63) is 23.8 Å². The first-order valence-corrected chi connectivity index (χ1v) is 7.21. The number of nitrogen functional groups attached to an aromatic ring is 1. The van der Waals surface area contributed by atoms with Crippen molar-refractivity contribution >= 4 is 11.7 Å². The summed E-state index contributed by atoms with van der Waals surface area (Å²) in [5.74, 6) is -0.00428. The summed E-state index contributed by atoms with van der Waals surface area (Å²) in [4.78, 5) is 14.3. The highest BCUT2D eigenvalue weighted by atomic mass is 16.5. The lowest BCUT2D eigenvalue weighted by molar-refractivity contribution is 0.0194. The van der Waals surface area contributed by atoms with Gasteiger partial charge in [-0.05, 0) is 19.1 Å². The van der Waals surface area contributed by atoms with Crippen molar-refractivity contribution in [1.29, 1.82) is 0 Å². The van der Waals surface area contributed by atoms with E-state index in [4.69, 9.17) is 19.9 Å². The lowest BCUT2D eigenvalue weighted by Gasteiger charge is -2.26. The molecule has 0 unspecified atom stereocenters. The SMILES string of the molecule is CCOc1c(N)cccc1C(=O)OCCN1CCOCC1. The molecule has 1 heterocycles. The van der Waals surface area contributed by atoms with Crippen LogP contribution in [0.4, 0.5) is 5.69 Å². The monoisotopic (exact) mass is 294 g/mol. The van der Waals surface area contributed by atoms with Crippen molar-refractivity contribution in [2.75, 3.05) is 51.8 Å². The van der Waals surface area contributed by atoms with E-state index in [1.807, 2.05) is 6.92 Å². The molecule has 116 valence electrons. The number of anilines is 1. The van der Waals surface area contributed by atoms with Crippen LogP contribution >= 0.6 is 0 Å². The number of nitrogens with zero attached hydrogens (tertiary/aromatic N) is 1. The number of morpholine rings is 1. The first-order valence-electron chi connectivity index (χ1n) is 7.21. The minimum absolute atomic E-state index is 0.346. The van der Waals surface area contributed by atoms with E-state index in [1.165, 1.54) is 0 Å². The Balaban J connectivity index is 1.89. The lowest BCUT2D eigenvalue weighted by Crippen LogP contribution is -2.38. The smallest absolute Gasteiger partial charge is 0.342 e. The molecule has 6 nitrogen and oxygen atoms in total. The molecule has 0 aliphatic carbocycles.